The first-order valence-electron chi connectivity index (χ1n) is 8.40. The van der Waals surface area contributed by atoms with Gasteiger partial charge in [0.25, 0.3) is 5.91 Å². The molecule has 2 aliphatic heterocycles. The van der Waals surface area contributed by atoms with Crippen molar-refractivity contribution < 1.29 is 9.59 Å². The molecule has 0 saturated carbocycles. The molecule has 2 amide bonds. The Labute approximate surface area is 147 Å². The van der Waals surface area contributed by atoms with Crippen molar-refractivity contribution in [1.29, 1.82) is 0 Å². The largest absolute Gasteiger partial charge is 0.340 e. The number of hydrogen-bond acceptors (Lipinski definition) is 4. The minimum atomic E-state index is -0.465. The summed E-state index contributed by atoms with van der Waals surface area (Å²) in [5.74, 6) is 0.0809. The molecule has 2 saturated heterocycles. The average Bonchev–Trinajstić information content (AvgIpc) is 2.60. The molecular weight excluding hydrogens is 328 g/mol. The third kappa shape index (κ3) is 2.89. The summed E-state index contributed by atoms with van der Waals surface area (Å²) in [7, 11) is 2.01. The number of carbonyl (C=O) groups excluding carboxylic acids is 2. The van der Waals surface area contributed by atoms with Crippen LogP contribution in [0.4, 0.5) is 0 Å². The number of likely N-dealkylation sites (N-methyl/N-ethyl adjacent to an activating group) is 2. The van der Waals surface area contributed by atoms with Gasteiger partial charge in [0.15, 0.2) is 0 Å². The van der Waals surface area contributed by atoms with Crippen molar-refractivity contribution in [3.05, 3.63) is 29.0 Å². The van der Waals surface area contributed by atoms with E-state index in [9.17, 15) is 9.59 Å². The van der Waals surface area contributed by atoms with Crippen LogP contribution in [-0.4, -0.2) is 76.8 Å². The third-order valence-corrected chi connectivity index (χ3v) is 5.53. The smallest absolute Gasteiger partial charge is 0.272 e. The van der Waals surface area contributed by atoms with Gasteiger partial charge in [-0.15, -0.1) is 0 Å². The van der Waals surface area contributed by atoms with E-state index in [1.807, 2.05) is 18.9 Å². The molecule has 0 aromatic carbocycles. The Morgan fingerprint density at radius 2 is 1.96 bits per heavy atom. The van der Waals surface area contributed by atoms with Crippen LogP contribution in [0.1, 0.15) is 30.3 Å². The Bertz CT molecular complexity index is 643. The van der Waals surface area contributed by atoms with E-state index >= 15 is 0 Å². The van der Waals surface area contributed by atoms with Gasteiger partial charge in [0.05, 0.1) is 0 Å². The highest BCUT2D eigenvalue weighted by Gasteiger charge is 2.49. The zero-order chi connectivity index (χ0) is 17.3. The van der Waals surface area contributed by atoms with E-state index in [-0.39, 0.29) is 11.8 Å². The second kappa shape index (κ2) is 6.69. The van der Waals surface area contributed by atoms with E-state index in [2.05, 4.69) is 9.88 Å². The fourth-order valence-corrected chi connectivity index (χ4v) is 3.87. The van der Waals surface area contributed by atoms with Gasteiger partial charge >= 0.3 is 0 Å². The van der Waals surface area contributed by atoms with Crippen LogP contribution in [-0.2, 0) is 4.79 Å². The molecule has 0 aliphatic carbocycles. The molecule has 3 rings (SSSR count). The van der Waals surface area contributed by atoms with Crippen molar-refractivity contribution in [1.82, 2.24) is 19.7 Å². The summed E-state index contributed by atoms with van der Waals surface area (Å²) in [6, 6.07) is 5.05. The second-order valence-corrected chi connectivity index (χ2v) is 6.86. The van der Waals surface area contributed by atoms with Crippen LogP contribution in [0.2, 0.25) is 5.15 Å². The molecule has 0 unspecified atom stereocenters. The van der Waals surface area contributed by atoms with Crippen LogP contribution in [0.3, 0.4) is 0 Å². The normalized spacial score (nSPS) is 21.4. The summed E-state index contributed by atoms with van der Waals surface area (Å²) in [5.41, 5.74) is -0.107. The van der Waals surface area contributed by atoms with Crippen LogP contribution in [0.5, 0.6) is 0 Å². The van der Waals surface area contributed by atoms with Gasteiger partial charge in [-0.25, -0.2) is 4.98 Å². The standard InChI is InChI=1S/C17H23ClN4O2/c1-3-21-12-11-20(2)17(16(21)24)7-9-22(10-8-17)15(23)13-5-4-6-14(18)19-13/h4-6H,3,7-12H2,1-2H3. The van der Waals surface area contributed by atoms with Gasteiger partial charge in [0.1, 0.15) is 16.4 Å². The highest BCUT2D eigenvalue weighted by Crippen LogP contribution is 2.33. The summed E-state index contributed by atoms with van der Waals surface area (Å²) in [6.07, 6.45) is 1.32. The fourth-order valence-electron chi connectivity index (χ4n) is 3.71. The molecule has 1 spiro atoms. The molecule has 0 bridgehead atoms. The molecule has 7 heteroatoms. The Hall–Kier alpha value is -1.66. The Morgan fingerprint density at radius 3 is 2.58 bits per heavy atom. The number of pyridine rings is 1. The lowest BCUT2D eigenvalue weighted by atomic mass is 9.82. The first kappa shape index (κ1) is 17.2. The average molecular weight is 351 g/mol. The van der Waals surface area contributed by atoms with Crippen molar-refractivity contribution >= 4 is 23.4 Å². The van der Waals surface area contributed by atoms with Gasteiger partial charge in [0.2, 0.25) is 5.91 Å². The lowest BCUT2D eigenvalue weighted by Crippen LogP contribution is -2.67. The number of rotatable bonds is 2. The quantitative estimate of drug-likeness (QED) is 0.759. The first-order chi connectivity index (χ1) is 11.5. The highest BCUT2D eigenvalue weighted by molar-refractivity contribution is 6.29. The molecule has 0 atom stereocenters. The number of hydrogen-bond donors (Lipinski definition) is 0. The van der Waals surface area contributed by atoms with Gasteiger partial charge < -0.3 is 9.80 Å². The molecule has 0 radical (unpaired) electrons. The van der Waals surface area contributed by atoms with E-state index in [0.29, 0.717) is 36.8 Å². The summed E-state index contributed by atoms with van der Waals surface area (Å²) in [6.45, 7) is 5.53. The van der Waals surface area contributed by atoms with Gasteiger partial charge in [-0.3, -0.25) is 14.5 Å². The van der Waals surface area contributed by atoms with Gasteiger partial charge in [0, 0.05) is 32.7 Å². The monoisotopic (exact) mass is 350 g/mol. The molecule has 3 heterocycles. The second-order valence-electron chi connectivity index (χ2n) is 6.48. The van der Waals surface area contributed by atoms with E-state index in [0.717, 1.165) is 19.6 Å². The number of carbonyl (C=O) groups is 2. The zero-order valence-electron chi connectivity index (χ0n) is 14.2. The van der Waals surface area contributed by atoms with Crippen LogP contribution in [0.25, 0.3) is 0 Å². The predicted octanol–water partition coefficient (Wildman–Crippen LogP) is 1.50. The van der Waals surface area contributed by atoms with E-state index in [1.165, 1.54) is 0 Å². The number of aromatic nitrogens is 1. The highest BCUT2D eigenvalue weighted by atomic mass is 35.5. The summed E-state index contributed by atoms with van der Waals surface area (Å²) < 4.78 is 0. The lowest BCUT2D eigenvalue weighted by Gasteiger charge is -2.51. The number of nitrogens with zero attached hydrogens (tertiary/aromatic N) is 4. The number of halogens is 1. The molecule has 1 aromatic rings. The molecular formula is C17H23ClN4O2. The lowest BCUT2D eigenvalue weighted by molar-refractivity contribution is -0.153. The first-order valence-corrected chi connectivity index (χ1v) is 8.78. The van der Waals surface area contributed by atoms with E-state index in [4.69, 9.17) is 11.6 Å². The van der Waals surface area contributed by atoms with Gasteiger partial charge in [-0.05, 0) is 38.9 Å². The number of amides is 2. The van der Waals surface area contributed by atoms with Crippen molar-refractivity contribution in [2.45, 2.75) is 25.3 Å². The van der Waals surface area contributed by atoms with Crippen LogP contribution >= 0.6 is 11.6 Å². The summed E-state index contributed by atoms with van der Waals surface area (Å²) >= 11 is 5.88. The van der Waals surface area contributed by atoms with Crippen molar-refractivity contribution in [2.75, 3.05) is 39.8 Å². The third-order valence-electron chi connectivity index (χ3n) is 5.32. The van der Waals surface area contributed by atoms with Crippen LogP contribution < -0.4 is 0 Å². The van der Waals surface area contributed by atoms with Gasteiger partial charge in [-0.1, -0.05) is 17.7 Å². The van der Waals surface area contributed by atoms with Crippen molar-refractivity contribution in [3.63, 3.8) is 0 Å². The molecule has 0 N–H and O–H groups in total. The molecule has 1 aromatic heterocycles. The van der Waals surface area contributed by atoms with E-state index in [1.54, 1.807) is 23.1 Å². The van der Waals surface area contributed by atoms with Crippen LogP contribution in [0.15, 0.2) is 18.2 Å². The molecule has 6 nitrogen and oxygen atoms in total. The fraction of sp³-hybridized carbons (Fsp3) is 0.588. The summed E-state index contributed by atoms with van der Waals surface area (Å²) in [4.78, 5) is 35.5. The predicted molar refractivity (Wildman–Crippen MR) is 92.0 cm³/mol. The molecule has 130 valence electrons. The zero-order valence-corrected chi connectivity index (χ0v) is 14.9. The maximum atomic E-state index is 12.9. The van der Waals surface area contributed by atoms with Gasteiger partial charge in [-0.2, -0.15) is 0 Å². The Morgan fingerprint density at radius 1 is 1.25 bits per heavy atom. The van der Waals surface area contributed by atoms with E-state index < -0.39 is 5.54 Å². The maximum Gasteiger partial charge on any atom is 0.272 e. The minimum absolute atomic E-state index is 0.120. The Kier molecular flexibility index (Phi) is 4.78. The molecule has 2 fully saturated rings. The number of likely N-dealkylation sites (tertiary alicyclic amines) is 1. The van der Waals surface area contributed by atoms with Crippen molar-refractivity contribution in [2.24, 2.45) is 0 Å². The minimum Gasteiger partial charge on any atom is -0.340 e. The van der Waals surface area contributed by atoms with Crippen molar-refractivity contribution in [3.8, 4) is 0 Å². The SMILES string of the molecule is CCN1CCN(C)C2(CCN(C(=O)c3cccc(Cl)n3)CC2)C1=O. The molecule has 24 heavy (non-hydrogen) atoms. The molecule has 2 aliphatic rings. The summed E-state index contributed by atoms with van der Waals surface area (Å²) in [5, 5.41) is 0.315. The number of piperidine rings is 1. The van der Waals surface area contributed by atoms with Crippen LogP contribution in [0, 0.1) is 0 Å². The Balaban J connectivity index is 1.73. The topological polar surface area (TPSA) is 56.8 Å². The number of piperazine rings is 1. The maximum absolute atomic E-state index is 12.9.